The Labute approximate surface area is 190 Å². The van der Waals surface area contributed by atoms with E-state index < -0.39 is 36.4 Å². The van der Waals surface area contributed by atoms with Crippen molar-refractivity contribution in [1.29, 1.82) is 0 Å². The van der Waals surface area contributed by atoms with Gasteiger partial charge in [0.15, 0.2) is 0 Å². The van der Waals surface area contributed by atoms with Crippen LogP contribution in [0.5, 0.6) is 0 Å². The first-order valence-corrected chi connectivity index (χ1v) is 9.91. The van der Waals surface area contributed by atoms with Gasteiger partial charge in [0.2, 0.25) is 0 Å². The summed E-state index contributed by atoms with van der Waals surface area (Å²) in [5, 5.41) is 19.9. The summed E-state index contributed by atoms with van der Waals surface area (Å²) in [7, 11) is 0. The van der Waals surface area contributed by atoms with Gasteiger partial charge in [-0.15, -0.1) is 0 Å². The number of aromatic carboxylic acids is 1. The lowest BCUT2D eigenvalue weighted by molar-refractivity contribution is -0.145. The number of aliphatic hydroxyl groups excluding tert-OH is 1. The number of nitrogens with zero attached hydrogens (tertiary/aromatic N) is 1. The molecule has 0 saturated carbocycles. The number of carbonyl (C=O) groups is 1. The van der Waals surface area contributed by atoms with Crippen molar-refractivity contribution in [2.24, 2.45) is 0 Å². The first kappa shape index (κ1) is 24.0. The van der Waals surface area contributed by atoms with E-state index in [1.807, 2.05) is 0 Å². The molecule has 0 fully saturated rings. The van der Waals surface area contributed by atoms with Crippen LogP contribution >= 0.6 is 23.2 Å². The Morgan fingerprint density at radius 1 is 1.03 bits per heavy atom. The fourth-order valence-corrected chi connectivity index (χ4v) is 3.82. The highest BCUT2D eigenvalue weighted by atomic mass is 35.5. The molecule has 0 aliphatic heterocycles. The zero-order chi connectivity index (χ0) is 23.6. The summed E-state index contributed by atoms with van der Waals surface area (Å²) >= 11 is 11.8. The zero-order valence-electron chi connectivity index (χ0n) is 16.1. The summed E-state index contributed by atoms with van der Waals surface area (Å²) in [6.07, 6.45) is -6.42. The average molecular weight is 488 g/mol. The molecule has 1 heterocycles. The fraction of sp³-hybridized carbons (Fsp3) is 0.182. The average Bonchev–Trinajstić information content (AvgIpc) is 2.71. The standard InChI is InChI=1S/C22H15Cl2F4NO3/c23-17-4-1-11(7-15(17)21(31)32)19-8-12(5-6-29-19)20(30)16(10-22(26,27)28)14-3-2-13(25)9-18(14)24/h1-9,16,20,30H,10H2,(H,31,32). The van der Waals surface area contributed by atoms with Gasteiger partial charge in [-0.25, -0.2) is 9.18 Å². The molecule has 2 atom stereocenters. The Bertz CT molecular complexity index is 1150. The number of rotatable bonds is 6. The van der Waals surface area contributed by atoms with Gasteiger partial charge < -0.3 is 10.2 Å². The van der Waals surface area contributed by atoms with Crippen molar-refractivity contribution in [2.75, 3.05) is 0 Å². The SMILES string of the molecule is O=C(O)c1cc(-c2cc(C(O)C(CC(F)(F)F)c3ccc(F)cc3Cl)ccn2)ccc1Cl. The Hall–Kier alpha value is -2.68. The zero-order valence-corrected chi connectivity index (χ0v) is 17.6. The molecule has 0 bridgehead atoms. The van der Waals surface area contributed by atoms with Gasteiger partial charge >= 0.3 is 12.1 Å². The van der Waals surface area contributed by atoms with Crippen LogP contribution in [0.1, 0.15) is 39.9 Å². The number of halogens is 6. The minimum Gasteiger partial charge on any atom is -0.478 e. The van der Waals surface area contributed by atoms with Crippen molar-refractivity contribution in [1.82, 2.24) is 4.98 Å². The van der Waals surface area contributed by atoms with E-state index in [-0.39, 0.29) is 32.4 Å². The lowest BCUT2D eigenvalue weighted by atomic mass is 9.86. The molecule has 0 saturated heterocycles. The molecule has 0 radical (unpaired) electrons. The fourth-order valence-electron chi connectivity index (χ4n) is 3.31. The number of hydrogen-bond acceptors (Lipinski definition) is 3. The molecule has 4 nitrogen and oxygen atoms in total. The molecule has 2 unspecified atom stereocenters. The van der Waals surface area contributed by atoms with Gasteiger partial charge in [0.25, 0.3) is 0 Å². The number of benzene rings is 2. The predicted octanol–water partition coefficient (Wildman–Crippen LogP) is 6.66. The Balaban J connectivity index is 2.03. The summed E-state index contributed by atoms with van der Waals surface area (Å²) in [6.45, 7) is 0. The topological polar surface area (TPSA) is 70.4 Å². The van der Waals surface area contributed by atoms with Crippen LogP contribution in [0.15, 0.2) is 54.7 Å². The summed E-state index contributed by atoms with van der Waals surface area (Å²) in [6, 6.07) is 9.77. The molecular weight excluding hydrogens is 473 g/mol. The maximum Gasteiger partial charge on any atom is 0.389 e. The van der Waals surface area contributed by atoms with Crippen LogP contribution in [0.4, 0.5) is 17.6 Å². The molecule has 0 aliphatic carbocycles. The molecular formula is C22H15Cl2F4NO3. The number of pyridine rings is 1. The lowest BCUT2D eigenvalue weighted by Gasteiger charge is -2.26. The van der Waals surface area contributed by atoms with E-state index in [9.17, 15) is 32.6 Å². The second kappa shape index (κ2) is 9.44. The number of carboxylic acid groups (broad SMARTS) is 1. The molecule has 2 N–H and O–H groups in total. The van der Waals surface area contributed by atoms with Gasteiger partial charge in [-0.05, 0) is 47.5 Å². The Kier molecular flexibility index (Phi) is 7.07. The van der Waals surface area contributed by atoms with Crippen LogP contribution in [-0.2, 0) is 0 Å². The second-order valence-corrected chi connectivity index (χ2v) is 7.83. The number of hydrogen-bond donors (Lipinski definition) is 2. The largest absolute Gasteiger partial charge is 0.478 e. The number of aromatic nitrogens is 1. The summed E-state index contributed by atoms with van der Waals surface area (Å²) in [5.41, 5.74) is 0.419. The highest BCUT2D eigenvalue weighted by Gasteiger charge is 2.37. The predicted molar refractivity (Wildman–Crippen MR) is 111 cm³/mol. The maximum absolute atomic E-state index is 13.4. The monoisotopic (exact) mass is 487 g/mol. The quantitative estimate of drug-likeness (QED) is 0.381. The summed E-state index contributed by atoms with van der Waals surface area (Å²) < 4.78 is 53.2. The summed E-state index contributed by atoms with van der Waals surface area (Å²) in [4.78, 5) is 15.4. The van der Waals surface area contributed by atoms with Crippen LogP contribution in [0, 0.1) is 5.82 Å². The highest BCUT2D eigenvalue weighted by Crippen LogP contribution is 2.42. The molecule has 3 aromatic rings. The molecule has 1 aromatic heterocycles. The third-order valence-electron chi connectivity index (χ3n) is 4.81. The number of carboxylic acids is 1. The van der Waals surface area contributed by atoms with E-state index in [1.165, 1.54) is 36.5 Å². The van der Waals surface area contributed by atoms with Gasteiger partial charge in [-0.2, -0.15) is 13.2 Å². The maximum atomic E-state index is 13.4. The van der Waals surface area contributed by atoms with Crippen molar-refractivity contribution in [3.05, 3.63) is 87.3 Å². The third kappa shape index (κ3) is 5.56. The van der Waals surface area contributed by atoms with Gasteiger partial charge in [-0.3, -0.25) is 4.98 Å². The molecule has 0 aliphatic rings. The first-order chi connectivity index (χ1) is 15.0. The van der Waals surface area contributed by atoms with E-state index in [0.29, 0.717) is 5.56 Å². The van der Waals surface area contributed by atoms with Crippen LogP contribution in [-0.4, -0.2) is 27.3 Å². The van der Waals surface area contributed by atoms with Crippen LogP contribution in [0.2, 0.25) is 10.0 Å². The van der Waals surface area contributed by atoms with Crippen LogP contribution in [0.25, 0.3) is 11.3 Å². The molecule has 32 heavy (non-hydrogen) atoms. The normalized spacial score (nSPS) is 13.6. The molecule has 3 rings (SSSR count). The molecule has 2 aromatic carbocycles. The molecule has 10 heteroatoms. The van der Waals surface area contributed by atoms with E-state index in [4.69, 9.17) is 23.2 Å². The van der Waals surface area contributed by atoms with Crippen molar-refractivity contribution in [2.45, 2.75) is 24.6 Å². The molecule has 0 amide bonds. The van der Waals surface area contributed by atoms with Gasteiger partial charge in [0.1, 0.15) is 5.82 Å². The molecule has 0 spiro atoms. The van der Waals surface area contributed by atoms with E-state index >= 15 is 0 Å². The second-order valence-electron chi connectivity index (χ2n) is 7.01. The minimum absolute atomic E-state index is 0.00799. The first-order valence-electron chi connectivity index (χ1n) is 9.15. The van der Waals surface area contributed by atoms with Crippen LogP contribution < -0.4 is 0 Å². The van der Waals surface area contributed by atoms with E-state index in [0.717, 1.165) is 18.2 Å². The van der Waals surface area contributed by atoms with Crippen molar-refractivity contribution < 1.29 is 32.6 Å². The smallest absolute Gasteiger partial charge is 0.389 e. The van der Waals surface area contributed by atoms with Gasteiger partial charge in [0, 0.05) is 22.7 Å². The third-order valence-corrected chi connectivity index (χ3v) is 5.47. The highest BCUT2D eigenvalue weighted by molar-refractivity contribution is 6.33. The lowest BCUT2D eigenvalue weighted by Crippen LogP contribution is -2.20. The minimum atomic E-state index is -4.63. The van der Waals surface area contributed by atoms with Crippen molar-refractivity contribution in [3.63, 3.8) is 0 Å². The molecule has 168 valence electrons. The number of aliphatic hydroxyl groups is 1. The Morgan fingerprint density at radius 3 is 2.38 bits per heavy atom. The van der Waals surface area contributed by atoms with E-state index in [2.05, 4.69) is 4.98 Å². The van der Waals surface area contributed by atoms with Gasteiger partial charge in [-0.1, -0.05) is 35.3 Å². The van der Waals surface area contributed by atoms with E-state index in [1.54, 1.807) is 0 Å². The van der Waals surface area contributed by atoms with Crippen molar-refractivity contribution >= 4 is 29.2 Å². The summed E-state index contributed by atoms with van der Waals surface area (Å²) in [5.74, 6) is -3.50. The van der Waals surface area contributed by atoms with Crippen molar-refractivity contribution in [3.8, 4) is 11.3 Å². The Morgan fingerprint density at radius 2 is 1.75 bits per heavy atom. The number of alkyl halides is 3. The van der Waals surface area contributed by atoms with Gasteiger partial charge in [0.05, 0.1) is 28.8 Å². The van der Waals surface area contributed by atoms with Crippen LogP contribution in [0.3, 0.4) is 0 Å².